The molecule has 1 unspecified atom stereocenters. The summed E-state index contributed by atoms with van der Waals surface area (Å²) >= 11 is 1.18. The maximum Gasteiger partial charge on any atom is 0.267 e. The second-order valence-electron chi connectivity index (χ2n) is 5.52. The molecule has 1 saturated heterocycles. The SMILES string of the molecule is CCC(C#N)N1CCN(C(=O)c2snnc2C(C)C)CC1. The van der Waals surface area contributed by atoms with Gasteiger partial charge in [-0.1, -0.05) is 25.3 Å². The number of rotatable bonds is 4. The summed E-state index contributed by atoms with van der Waals surface area (Å²) in [6.45, 7) is 8.87. The fraction of sp³-hybridized carbons (Fsp3) is 0.714. The van der Waals surface area contributed by atoms with Crippen LogP contribution in [0.2, 0.25) is 0 Å². The van der Waals surface area contributed by atoms with Crippen LogP contribution < -0.4 is 0 Å². The van der Waals surface area contributed by atoms with Gasteiger partial charge in [-0.15, -0.1) is 5.10 Å². The summed E-state index contributed by atoms with van der Waals surface area (Å²) in [5.74, 6) is 0.227. The van der Waals surface area contributed by atoms with E-state index >= 15 is 0 Å². The van der Waals surface area contributed by atoms with E-state index in [-0.39, 0.29) is 17.9 Å². The molecule has 114 valence electrons. The Morgan fingerprint density at radius 3 is 2.57 bits per heavy atom. The summed E-state index contributed by atoms with van der Waals surface area (Å²) in [6.07, 6.45) is 0.820. The highest BCUT2D eigenvalue weighted by atomic mass is 32.1. The van der Waals surface area contributed by atoms with Gasteiger partial charge in [0.15, 0.2) is 0 Å². The molecule has 2 heterocycles. The van der Waals surface area contributed by atoms with Crippen molar-refractivity contribution in [1.82, 2.24) is 19.4 Å². The molecule has 0 aromatic carbocycles. The molecule has 1 aromatic heterocycles. The fourth-order valence-electron chi connectivity index (χ4n) is 2.54. The molecule has 6 nitrogen and oxygen atoms in total. The molecule has 1 aliphatic heterocycles. The molecule has 2 rings (SSSR count). The van der Waals surface area contributed by atoms with E-state index in [0.29, 0.717) is 18.0 Å². The van der Waals surface area contributed by atoms with Crippen LogP contribution in [0.4, 0.5) is 0 Å². The van der Waals surface area contributed by atoms with Crippen LogP contribution in [0.15, 0.2) is 0 Å². The molecule has 0 radical (unpaired) electrons. The van der Waals surface area contributed by atoms with Crippen LogP contribution >= 0.6 is 11.5 Å². The number of hydrogen-bond donors (Lipinski definition) is 0. The minimum Gasteiger partial charge on any atom is -0.335 e. The summed E-state index contributed by atoms with van der Waals surface area (Å²) in [5.41, 5.74) is 0.788. The summed E-state index contributed by atoms with van der Waals surface area (Å²) in [5, 5.41) is 13.2. The normalized spacial score (nSPS) is 17.8. The van der Waals surface area contributed by atoms with Crippen LogP contribution in [-0.4, -0.2) is 57.5 Å². The quantitative estimate of drug-likeness (QED) is 0.847. The number of nitriles is 1. The number of amides is 1. The van der Waals surface area contributed by atoms with Crippen molar-refractivity contribution in [3.05, 3.63) is 10.6 Å². The van der Waals surface area contributed by atoms with Crippen LogP contribution in [-0.2, 0) is 0 Å². The van der Waals surface area contributed by atoms with E-state index in [4.69, 9.17) is 5.26 Å². The Bertz CT molecular complexity index is 528. The predicted octanol–water partition coefficient (Wildman–Crippen LogP) is 1.72. The van der Waals surface area contributed by atoms with Gasteiger partial charge >= 0.3 is 0 Å². The van der Waals surface area contributed by atoms with Crippen molar-refractivity contribution in [2.45, 2.75) is 39.2 Å². The van der Waals surface area contributed by atoms with Gasteiger partial charge in [-0.05, 0) is 23.9 Å². The first-order valence-corrected chi connectivity index (χ1v) is 8.11. The van der Waals surface area contributed by atoms with Gasteiger partial charge in [0.2, 0.25) is 0 Å². The smallest absolute Gasteiger partial charge is 0.267 e. The zero-order valence-corrected chi connectivity index (χ0v) is 13.6. The lowest BCUT2D eigenvalue weighted by molar-refractivity contribution is 0.0607. The van der Waals surface area contributed by atoms with E-state index < -0.39 is 0 Å². The lowest BCUT2D eigenvalue weighted by atomic mass is 10.1. The van der Waals surface area contributed by atoms with Gasteiger partial charge in [-0.25, -0.2) is 0 Å². The monoisotopic (exact) mass is 307 g/mol. The Labute approximate surface area is 129 Å². The maximum absolute atomic E-state index is 12.6. The van der Waals surface area contributed by atoms with Crippen LogP contribution in [0.1, 0.15) is 48.5 Å². The summed E-state index contributed by atoms with van der Waals surface area (Å²) in [4.78, 5) is 17.2. The van der Waals surface area contributed by atoms with Crippen molar-refractivity contribution < 1.29 is 4.79 Å². The first-order chi connectivity index (χ1) is 10.1. The number of carbonyl (C=O) groups excluding carboxylic acids is 1. The molecule has 1 fully saturated rings. The molecule has 0 saturated carbocycles. The highest BCUT2D eigenvalue weighted by molar-refractivity contribution is 7.08. The van der Waals surface area contributed by atoms with Gasteiger partial charge in [0.05, 0.1) is 17.8 Å². The van der Waals surface area contributed by atoms with Gasteiger partial charge in [-0.2, -0.15) is 5.26 Å². The van der Waals surface area contributed by atoms with Gasteiger partial charge in [0.25, 0.3) is 5.91 Å². The molecule has 0 bridgehead atoms. The predicted molar refractivity (Wildman–Crippen MR) is 81.2 cm³/mol. The van der Waals surface area contributed by atoms with Gasteiger partial charge in [-0.3, -0.25) is 9.69 Å². The Balaban J connectivity index is 2.01. The van der Waals surface area contributed by atoms with Gasteiger partial charge < -0.3 is 4.90 Å². The number of aromatic nitrogens is 2. The third kappa shape index (κ3) is 3.39. The minimum absolute atomic E-state index is 0.0263. The molecular formula is C14H21N5OS. The lowest BCUT2D eigenvalue weighted by Crippen LogP contribution is -2.51. The molecule has 7 heteroatoms. The molecule has 1 aromatic rings. The Hall–Kier alpha value is -1.52. The minimum atomic E-state index is -0.0430. The summed E-state index contributed by atoms with van der Waals surface area (Å²) in [6, 6.07) is 2.28. The van der Waals surface area contributed by atoms with E-state index in [9.17, 15) is 4.79 Å². The average Bonchev–Trinajstić information content (AvgIpc) is 2.98. The maximum atomic E-state index is 12.6. The standard InChI is InChI=1S/C14H21N5OS/c1-4-11(9-15)18-5-7-19(8-6-18)14(20)13-12(10(2)3)16-17-21-13/h10-11H,4-8H2,1-3H3. The Kier molecular flexibility index (Phi) is 5.26. The third-order valence-electron chi connectivity index (χ3n) is 3.83. The second kappa shape index (κ2) is 6.96. The van der Waals surface area contributed by atoms with Crippen LogP contribution in [0, 0.1) is 11.3 Å². The number of hydrogen-bond acceptors (Lipinski definition) is 6. The van der Waals surface area contributed by atoms with Crippen molar-refractivity contribution >= 4 is 17.4 Å². The van der Waals surface area contributed by atoms with Crippen molar-refractivity contribution in [2.75, 3.05) is 26.2 Å². The molecule has 1 atom stereocenters. The second-order valence-corrected chi connectivity index (χ2v) is 6.28. The van der Waals surface area contributed by atoms with Gasteiger partial charge in [0.1, 0.15) is 4.88 Å². The number of carbonyl (C=O) groups is 1. The highest BCUT2D eigenvalue weighted by Crippen LogP contribution is 2.22. The number of piperazine rings is 1. The number of nitrogens with zero attached hydrogens (tertiary/aromatic N) is 5. The van der Waals surface area contributed by atoms with Crippen LogP contribution in [0.3, 0.4) is 0 Å². The van der Waals surface area contributed by atoms with E-state index in [1.807, 2.05) is 25.7 Å². The molecule has 0 aliphatic carbocycles. The molecule has 0 N–H and O–H groups in total. The molecule has 1 aliphatic rings. The van der Waals surface area contributed by atoms with Gasteiger partial charge in [0, 0.05) is 26.2 Å². The first-order valence-electron chi connectivity index (χ1n) is 7.33. The zero-order chi connectivity index (χ0) is 15.4. The van der Waals surface area contributed by atoms with Crippen molar-refractivity contribution in [3.8, 4) is 6.07 Å². The zero-order valence-electron chi connectivity index (χ0n) is 12.7. The Morgan fingerprint density at radius 1 is 1.38 bits per heavy atom. The Morgan fingerprint density at radius 2 is 2.05 bits per heavy atom. The lowest BCUT2D eigenvalue weighted by Gasteiger charge is -2.36. The van der Waals surface area contributed by atoms with Crippen molar-refractivity contribution in [1.29, 1.82) is 5.26 Å². The topological polar surface area (TPSA) is 73.1 Å². The van der Waals surface area contributed by atoms with E-state index in [0.717, 1.165) is 25.2 Å². The molecular weight excluding hydrogens is 286 g/mol. The summed E-state index contributed by atoms with van der Waals surface area (Å²) < 4.78 is 3.92. The largest absolute Gasteiger partial charge is 0.335 e. The molecule has 0 spiro atoms. The van der Waals surface area contributed by atoms with E-state index in [1.165, 1.54) is 11.5 Å². The van der Waals surface area contributed by atoms with Crippen LogP contribution in [0.5, 0.6) is 0 Å². The molecule has 1 amide bonds. The van der Waals surface area contributed by atoms with E-state index in [1.54, 1.807) is 0 Å². The molecule has 21 heavy (non-hydrogen) atoms. The average molecular weight is 307 g/mol. The van der Waals surface area contributed by atoms with Crippen LogP contribution in [0.25, 0.3) is 0 Å². The summed E-state index contributed by atoms with van der Waals surface area (Å²) in [7, 11) is 0. The van der Waals surface area contributed by atoms with Crippen molar-refractivity contribution in [3.63, 3.8) is 0 Å². The van der Waals surface area contributed by atoms with Crippen molar-refractivity contribution in [2.24, 2.45) is 0 Å². The third-order valence-corrected chi connectivity index (χ3v) is 4.56. The first kappa shape index (κ1) is 15.9. The fourth-order valence-corrected chi connectivity index (χ4v) is 3.32. The highest BCUT2D eigenvalue weighted by Gasteiger charge is 2.28. The van der Waals surface area contributed by atoms with E-state index in [2.05, 4.69) is 20.6 Å².